The second-order valence-electron chi connectivity index (χ2n) is 6.88. The second-order valence-corrected chi connectivity index (χ2v) is 8.73. The Morgan fingerprint density at radius 3 is 2.73 bits per heavy atom. The van der Waals surface area contributed by atoms with E-state index in [0.29, 0.717) is 17.6 Å². The predicted molar refractivity (Wildman–Crippen MR) is 111 cm³/mol. The van der Waals surface area contributed by atoms with E-state index >= 15 is 0 Å². The van der Waals surface area contributed by atoms with Crippen LogP contribution in [0.25, 0.3) is 0 Å². The van der Waals surface area contributed by atoms with Crippen LogP contribution >= 0.6 is 27.7 Å². The molecule has 0 aliphatic carbocycles. The van der Waals surface area contributed by atoms with E-state index in [4.69, 9.17) is 0 Å². The summed E-state index contributed by atoms with van der Waals surface area (Å²) in [5.41, 5.74) is 0.776. The molecule has 26 heavy (non-hydrogen) atoms. The SMILES string of the molecule is C[C@@H]1C[C@H](C)CN(c2cc(SCC(=O)Nc3ccccc3Br)ncn2)C1. The summed E-state index contributed by atoms with van der Waals surface area (Å²) in [5.74, 6) is 2.54. The summed E-state index contributed by atoms with van der Waals surface area (Å²) in [7, 11) is 0. The Morgan fingerprint density at radius 1 is 1.27 bits per heavy atom. The average Bonchev–Trinajstić information content (AvgIpc) is 2.61. The van der Waals surface area contributed by atoms with Crippen molar-refractivity contribution in [1.29, 1.82) is 0 Å². The maximum Gasteiger partial charge on any atom is 0.234 e. The van der Waals surface area contributed by atoms with Gasteiger partial charge in [0.25, 0.3) is 0 Å². The molecule has 0 saturated carbocycles. The van der Waals surface area contributed by atoms with Crippen LogP contribution in [0.15, 0.2) is 46.2 Å². The maximum atomic E-state index is 12.2. The number of halogens is 1. The molecule has 2 heterocycles. The lowest BCUT2D eigenvalue weighted by atomic mass is 9.92. The molecular formula is C19H23BrN4OS. The number of carbonyl (C=O) groups excluding carboxylic acids is 1. The van der Waals surface area contributed by atoms with Crippen molar-refractivity contribution in [2.45, 2.75) is 25.3 Å². The smallest absolute Gasteiger partial charge is 0.234 e. The van der Waals surface area contributed by atoms with Crippen molar-refractivity contribution in [3.63, 3.8) is 0 Å². The molecule has 1 saturated heterocycles. The minimum atomic E-state index is -0.0534. The Balaban J connectivity index is 1.58. The minimum Gasteiger partial charge on any atom is -0.356 e. The molecule has 1 aromatic carbocycles. The quantitative estimate of drug-likeness (QED) is 0.556. The minimum absolute atomic E-state index is 0.0534. The summed E-state index contributed by atoms with van der Waals surface area (Å²) in [4.78, 5) is 23.3. The summed E-state index contributed by atoms with van der Waals surface area (Å²) in [6, 6.07) is 9.57. The molecule has 1 amide bonds. The van der Waals surface area contributed by atoms with Crippen molar-refractivity contribution in [3.8, 4) is 0 Å². The molecule has 5 nitrogen and oxygen atoms in total. The highest BCUT2D eigenvalue weighted by Gasteiger charge is 2.23. The molecule has 0 unspecified atom stereocenters. The summed E-state index contributed by atoms with van der Waals surface area (Å²) >= 11 is 4.86. The zero-order valence-corrected chi connectivity index (χ0v) is 17.4. The van der Waals surface area contributed by atoms with E-state index < -0.39 is 0 Å². The van der Waals surface area contributed by atoms with E-state index in [2.05, 4.69) is 50.0 Å². The number of hydrogen-bond donors (Lipinski definition) is 1. The molecule has 1 aromatic heterocycles. The summed E-state index contributed by atoms with van der Waals surface area (Å²) in [6.07, 6.45) is 2.85. The second kappa shape index (κ2) is 8.86. The van der Waals surface area contributed by atoms with Gasteiger partial charge < -0.3 is 10.2 Å². The highest BCUT2D eigenvalue weighted by molar-refractivity contribution is 9.10. The topological polar surface area (TPSA) is 58.1 Å². The molecule has 0 spiro atoms. The molecule has 2 atom stereocenters. The molecule has 7 heteroatoms. The molecule has 2 aromatic rings. The fourth-order valence-corrected chi connectivity index (χ4v) is 4.37. The first-order valence-corrected chi connectivity index (χ1v) is 10.5. The number of aromatic nitrogens is 2. The number of thioether (sulfide) groups is 1. The van der Waals surface area contributed by atoms with E-state index in [1.165, 1.54) is 18.2 Å². The number of benzene rings is 1. The van der Waals surface area contributed by atoms with Gasteiger partial charge in [-0.15, -0.1) is 0 Å². The van der Waals surface area contributed by atoms with Gasteiger partial charge in [-0.25, -0.2) is 9.97 Å². The molecule has 1 aliphatic rings. The Kier molecular flexibility index (Phi) is 6.53. The number of nitrogens with one attached hydrogen (secondary N) is 1. The maximum absolute atomic E-state index is 12.2. The molecule has 1 fully saturated rings. The Bertz CT molecular complexity index is 763. The van der Waals surface area contributed by atoms with Crippen LogP contribution in [0, 0.1) is 11.8 Å². The van der Waals surface area contributed by atoms with E-state index in [0.717, 1.165) is 34.1 Å². The molecule has 0 bridgehead atoms. The number of piperidine rings is 1. The molecule has 1 N–H and O–H groups in total. The third-order valence-corrected chi connectivity index (χ3v) is 5.94. The third kappa shape index (κ3) is 5.20. The fraction of sp³-hybridized carbons (Fsp3) is 0.421. The first kappa shape index (κ1) is 19.2. The van der Waals surface area contributed by atoms with E-state index in [1.807, 2.05) is 30.3 Å². The van der Waals surface area contributed by atoms with Crippen LogP contribution in [-0.4, -0.2) is 34.7 Å². The number of rotatable bonds is 5. The van der Waals surface area contributed by atoms with Gasteiger partial charge in [-0.1, -0.05) is 37.7 Å². The number of anilines is 2. The Labute approximate surface area is 167 Å². The zero-order valence-electron chi connectivity index (χ0n) is 15.0. The van der Waals surface area contributed by atoms with Gasteiger partial charge in [-0.05, 0) is 46.3 Å². The van der Waals surface area contributed by atoms with Crippen LogP contribution < -0.4 is 10.2 Å². The van der Waals surface area contributed by atoms with Crippen LogP contribution in [0.4, 0.5) is 11.5 Å². The van der Waals surface area contributed by atoms with Crippen molar-refractivity contribution < 1.29 is 4.79 Å². The van der Waals surface area contributed by atoms with Crippen LogP contribution in [0.5, 0.6) is 0 Å². The van der Waals surface area contributed by atoms with Crippen molar-refractivity contribution in [1.82, 2.24) is 9.97 Å². The lowest BCUT2D eigenvalue weighted by Crippen LogP contribution is -2.39. The van der Waals surface area contributed by atoms with Gasteiger partial charge in [0.15, 0.2) is 0 Å². The molecule has 1 aliphatic heterocycles. The summed E-state index contributed by atoms with van der Waals surface area (Å²) in [5, 5.41) is 3.73. The van der Waals surface area contributed by atoms with Gasteiger partial charge in [0.2, 0.25) is 5.91 Å². The van der Waals surface area contributed by atoms with Crippen molar-refractivity contribution >= 4 is 45.1 Å². The molecule has 138 valence electrons. The number of hydrogen-bond acceptors (Lipinski definition) is 5. The van der Waals surface area contributed by atoms with E-state index in [9.17, 15) is 4.79 Å². The molecule has 0 radical (unpaired) electrons. The first-order valence-electron chi connectivity index (χ1n) is 8.75. The van der Waals surface area contributed by atoms with Gasteiger partial charge in [0.1, 0.15) is 17.2 Å². The zero-order chi connectivity index (χ0) is 18.5. The highest BCUT2D eigenvalue weighted by atomic mass is 79.9. The fourth-order valence-electron chi connectivity index (χ4n) is 3.32. The van der Waals surface area contributed by atoms with Gasteiger partial charge in [-0.3, -0.25) is 4.79 Å². The van der Waals surface area contributed by atoms with Crippen molar-refractivity contribution in [3.05, 3.63) is 41.1 Å². The van der Waals surface area contributed by atoms with Crippen LogP contribution in [-0.2, 0) is 4.79 Å². The number of para-hydroxylation sites is 1. The van der Waals surface area contributed by atoms with E-state index in [-0.39, 0.29) is 5.91 Å². The third-order valence-electron chi connectivity index (χ3n) is 4.32. The van der Waals surface area contributed by atoms with Gasteiger partial charge in [-0.2, -0.15) is 0 Å². The van der Waals surface area contributed by atoms with Crippen molar-refractivity contribution in [2.75, 3.05) is 29.1 Å². The number of carbonyl (C=O) groups is 1. The van der Waals surface area contributed by atoms with Crippen LogP contribution in [0.3, 0.4) is 0 Å². The lowest BCUT2D eigenvalue weighted by Gasteiger charge is -2.35. The molecular weight excluding hydrogens is 412 g/mol. The summed E-state index contributed by atoms with van der Waals surface area (Å²) < 4.78 is 0.871. The summed E-state index contributed by atoms with van der Waals surface area (Å²) in [6.45, 7) is 6.61. The lowest BCUT2D eigenvalue weighted by molar-refractivity contribution is -0.113. The number of nitrogens with zero attached hydrogens (tertiary/aromatic N) is 3. The normalized spacial score (nSPS) is 20.0. The largest absolute Gasteiger partial charge is 0.356 e. The Morgan fingerprint density at radius 2 is 2.00 bits per heavy atom. The van der Waals surface area contributed by atoms with Crippen LogP contribution in [0.2, 0.25) is 0 Å². The van der Waals surface area contributed by atoms with E-state index in [1.54, 1.807) is 6.33 Å². The van der Waals surface area contributed by atoms with Crippen LogP contribution in [0.1, 0.15) is 20.3 Å². The standard InChI is InChI=1S/C19H23BrN4OS/c1-13-7-14(2)10-24(9-13)17-8-19(22-12-21-17)26-11-18(25)23-16-6-4-3-5-15(16)20/h3-6,8,12-14H,7,9-11H2,1-2H3,(H,23,25)/t13-,14+. The highest BCUT2D eigenvalue weighted by Crippen LogP contribution is 2.27. The average molecular weight is 435 g/mol. The van der Waals surface area contributed by atoms with Gasteiger partial charge >= 0.3 is 0 Å². The van der Waals surface area contributed by atoms with Gasteiger partial charge in [0, 0.05) is 23.6 Å². The van der Waals surface area contributed by atoms with Crippen molar-refractivity contribution in [2.24, 2.45) is 11.8 Å². The Hall–Kier alpha value is -1.60. The monoisotopic (exact) mass is 434 g/mol. The predicted octanol–water partition coefficient (Wildman–Crippen LogP) is 4.45. The molecule has 3 rings (SSSR count). The van der Waals surface area contributed by atoms with Gasteiger partial charge in [0.05, 0.1) is 11.4 Å². The first-order chi connectivity index (χ1) is 12.5. The number of amides is 1.